The highest BCUT2D eigenvalue weighted by atomic mass is 79.9. The van der Waals surface area contributed by atoms with Crippen LogP contribution in [-0.2, 0) is 6.61 Å². The van der Waals surface area contributed by atoms with Crippen LogP contribution in [0.1, 0.15) is 39.5 Å². The molecule has 5 nitrogen and oxygen atoms in total. The molecule has 6 heteroatoms. The van der Waals surface area contributed by atoms with Crippen molar-refractivity contribution in [3.63, 3.8) is 0 Å². The van der Waals surface area contributed by atoms with Gasteiger partial charge in [0.15, 0.2) is 11.5 Å². The van der Waals surface area contributed by atoms with Crippen LogP contribution < -0.4 is 9.47 Å². The van der Waals surface area contributed by atoms with E-state index < -0.39 is 5.97 Å². The predicted octanol–water partition coefficient (Wildman–Crippen LogP) is 6.50. The van der Waals surface area contributed by atoms with E-state index in [0.717, 1.165) is 15.6 Å². The average Bonchev–Trinajstić information content (AvgIpc) is 2.78. The molecule has 0 saturated carbocycles. The third-order valence-corrected chi connectivity index (χ3v) is 5.39. The van der Waals surface area contributed by atoms with Gasteiger partial charge < -0.3 is 14.6 Å². The monoisotopic (exact) mass is 491 g/mol. The zero-order chi connectivity index (χ0) is 23.1. The smallest absolute Gasteiger partial charge is 0.335 e. The van der Waals surface area contributed by atoms with E-state index in [0.29, 0.717) is 35.8 Å². The minimum Gasteiger partial charge on any atom is -0.490 e. The summed E-state index contributed by atoms with van der Waals surface area (Å²) in [6.07, 6.45) is 1.73. The molecule has 0 aliphatic carbocycles. The van der Waals surface area contributed by atoms with Crippen LogP contribution in [0.5, 0.6) is 11.5 Å². The molecular weight excluding hydrogens is 470 g/mol. The third-order valence-electron chi connectivity index (χ3n) is 4.70. The molecule has 0 spiro atoms. The molecule has 0 amide bonds. The van der Waals surface area contributed by atoms with Crippen molar-refractivity contribution in [2.24, 2.45) is 0 Å². The summed E-state index contributed by atoms with van der Waals surface area (Å²) >= 11 is 3.56. The van der Waals surface area contributed by atoms with Crippen LogP contribution in [0.3, 0.4) is 0 Å². The van der Waals surface area contributed by atoms with E-state index in [9.17, 15) is 10.1 Å². The maximum atomic E-state index is 11.1. The second-order valence-electron chi connectivity index (χ2n) is 7.08. The Labute approximate surface area is 195 Å². The summed E-state index contributed by atoms with van der Waals surface area (Å²) in [6, 6.07) is 20.1. The Bertz CT molecular complexity index is 1190. The van der Waals surface area contributed by atoms with Gasteiger partial charge >= 0.3 is 5.97 Å². The molecule has 0 unspecified atom stereocenters. The highest BCUT2D eigenvalue weighted by Crippen LogP contribution is 2.36. The van der Waals surface area contributed by atoms with Gasteiger partial charge in [-0.25, -0.2) is 4.79 Å². The fraction of sp³-hybridized carbons (Fsp3) is 0.154. The summed E-state index contributed by atoms with van der Waals surface area (Å²) in [5.74, 6) is 0.166. The minimum atomic E-state index is -1.01. The number of aromatic carboxylic acids is 1. The van der Waals surface area contributed by atoms with Crippen LogP contribution in [0.25, 0.3) is 11.6 Å². The van der Waals surface area contributed by atoms with Gasteiger partial charge in [-0.2, -0.15) is 5.26 Å². The number of hydrogen-bond donors (Lipinski definition) is 1. The molecule has 3 rings (SSSR count). The lowest BCUT2D eigenvalue weighted by atomic mass is 10.0. The molecule has 162 valence electrons. The molecule has 0 bridgehead atoms. The van der Waals surface area contributed by atoms with Gasteiger partial charge in [0, 0.05) is 4.47 Å². The fourth-order valence-corrected chi connectivity index (χ4v) is 3.57. The first-order chi connectivity index (χ1) is 15.4. The van der Waals surface area contributed by atoms with E-state index in [-0.39, 0.29) is 5.56 Å². The number of carbonyl (C=O) groups is 1. The van der Waals surface area contributed by atoms with E-state index in [4.69, 9.17) is 14.6 Å². The summed E-state index contributed by atoms with van der Waals surface area (Å²) in [7, 11) is 0. The maximum Gasteiger partial charge on any atom is 0.335 e. The van der Waals surface area contributed by atoms with Gasteiger partial charge in [-0.3, -0.25) is 0 Å². The lowest BCUT2D eigenvalue weighted by molar-refractivity contribution is 0.0697. The number of carboxylic acid groups (broad SMARTS) is 1. The van der Waals surface area contributed by atoms with Gasteiger partial charge in [-0.1, -0.05) is 57.9 Å². The van der Waals surface area contributed by atoms with Crippen molar-refractivity contribution in [1.29, 1.82) is 5.26 Å². The number of benzene rings is 3. The van der Waals surface area contributed by atoms with Crippen LogP contribution in [0, 0.1) is 18.3 Å². The van der Waals surface area contributed by atoms with Crippen LogP contribution in [0.15, 0.2) is 65.1 Å². The Hall–Kier alpha value is -3.56. The van der Waals surface area contributed by atoms with Crippen LogP contribution in [0.2, 0.25) is 0 Å². The molecule has 3 aromatic carbocycles. The number of ether oxygens (including phenoxy) is 2. The van der Waals surface area contributed by atoms with E-state index in [1.807, 2.05) is 44.2 Å². The minimum absolute atomic E-state index is 0.168. The summed E-state index contributed by atoms with van der Waals surface area (Å²) in [5.41, 5.74) is 4.17. The number of allylic oxidation sites excluding steroid dienone is 1. The standard InChI is InChI=1S/C26H22BrNO4/c1-3-31-24-13-21(12-22(15-28)19-7-9-20(10-8-19)26(29)30)23(27)14-25(24)32-16-18-6-4-5-17(2)11-18/h4-14H,3,16H2,1-2H3,(H,29,30)/b22-12-. The van der Waals surface area contributed by atoms with Crippen LogP contribution >= 0.6 is 15.9 Å². The number of carboxylic acids is 1. The lowest BCUT2D eigenvalue weighted by Gasteiger charge is -2.14. The first-order valence-corrected chi connectivity index (χ1v) is 10.8. The van der Waals surface area contributed by atoms with Crippen molar-refractivity contribution < 1.29 is 19.4 Å². The Morgan fingerprint density at radius 1 is 1.06 bits per heavy atom. The third kappa shape index (κ3) is 5.77. The number of hydrogen-bond acceptors (Lipinski definition) is 4. The molecule has 0 radical (unpaired) electrons. The van der Waals surface area contributed by atoms with E-state index in [2.05, 4.69) is 28.1 Å². The topological polar surface area (TPSA) is 79.5 Å². The highest BCUT2D eigenvalue weighted by Gasteiger charge is 2.12. The lowest BCUT2D eigenvalue weighted by Crippen LogP contribution is -2.01. The summed E-state index contributed by atoms with van der Waals surface area (Å²) in [6.45, 7) is 4.80. The number of nitrogens with zero attached hydrogens (tertiary/aromatic N) is 1. The van der Waals surface area contributed by atoms with Crippen molar-refractivity contribution in [3.8, 4) is 17.6 Å². The number of nitriles is 1. The largest absolute Gasteiger partial charge is 0.490 e. The molecule has 32 heavy (non-hydrogen) atoms. The molecule has 0 atom stereocenters. The number of halogens is 1. The Morgan fingerprint density at radius 2 is 1.75 bits per heavy atom. The number of aryl methyl sites for hydroxylation is 1. The quantitative estimate of drug-likeness (QED) is 0.287. The van der Waals surface area contributed by atoms with Gasteiger partial charge in [0.05, 0.1) is 23.8 Å². The molecule has 0 aliphatic heterocycles. The molecular formula is C26H22BrNO4. The zero-order valence-corrected chi connectivity index (χ0v) is 19.3. The predicted molar refractivity (Wildman–Crippen MR) is 128 cm³/mol. The number of rotatable bonds is 8. The van der Waals surface area contributed by atoms with Crippen molar-refractivity contribution in [1.82, 2.24) is 0 Å². The molecule has 0 saturated heterocycles. The van der Waals surface area contributed by atoms with Gasteiger partial charge in [0.2, 0.25) is 0 Å². The first-order valence-electron chi connectivity index (χ1n) is 10.0. The summed E-state index contributed by atoms with van der Waals surface area (Å²) in [5, 5.41) is 18.7. The van der Waals surface area contributed by atoms with Gasteiger partial charge in [0.25, 0.3) is 0 Å². The van der Waals surface area contributed by atoms with Crippen molar-refractivity contribution in [3.05, 3.63) is 93.0 Å². The molecule has 0 fully saturated rings. The van der Waals surface area contributed by atoms with E-state index in [1.165, 1.54) is 17.7 Å². The summed E-state index contributed by atoms with van der Waals surface area (Å²) < 4.78 is 12.6. The summed E-state index contributed by atoms with van der Waals surface area (Å²) in [4.78, 5) is 11.1. The highest BCUT2D eigenvalue weighted by molar-refractivity contribution is 9.10. The van der Waals surface area contributed by atoms with Gasteiger partial charge in [-0.05, 0) is 60.9 Å². The normalized spacial score (nSPS) is 11.0. The maximum absolute atomic E-state index is 11.1. The Morgan fingerprint density at radius 3 is 2.38 bits per heavy atom. The van der Waals surface area contributed by atoms with Crippen molar-refractivity contribution in [2.75, 3.05) is 6.61 Å². The molecule has 0 aliphatic rings. The Kier molecular flexibility index (Phi) is 7.69. The average molecular weight is 492 g/mol. The van der Waals surface area contributed by atoms with Gasteiger partial charge in [-0.15, -0.1) is 0 Å². The van der Waals surface area contributed by atoms with Gasteiger partial charge in [0.1, 0.15) is 6.61 Å². The Balaban J connectivity index is 1.91. The first kappa shape index (κ1) is 23.1. The van der Waals surface area contributed by atoms with Crippen molar-refractivity contribution in [2.45, 2.75) is 20.5 Å². The van der Waals surface area contributed by atoms with E-state index in [1.54, 1.807) is 18.2 Å². The van der Waals surface area contributed by atoms with Crippen LogP contribution in [0.4, 0.5) is 0 Å². The fourth-order valence-electron chi connectivity index (χ4n) is 3.13. The van der Waals surface area contributed by atoms with Crippen LogP contribution in [-0.4, -0.2) is 17.7 Å². The zero-order valence-electron chi connectivity index (χ0n) is 17.8. The van der Waals surface area contributed by atoms with Crippen molar-refractivity contribution >= 4 is 33.5 Å². The molecule has 0 heterocycles. The second-order valence-corrected chi connectivity index (χ2v) is 7.94. The van der Waals surface area contributed by atoms with E-state index >= 15 is 0 Å². The molecule has 1 N–H and O–H groups in total. The molecule has 0 aromatic heterocycles. The second kappa shape index (κ2) is 10.7. The molecule has 3 aromatic rings. The SMILES string of the molecule is CCOc1cc(/C=C(/C#N)c2ccc(C(=O)O)cc2)c(Br)cc1OCc1cccc(C)c1.